The molecular formula is C14H15Cl2N3O2. The Hall–Kier alpha value is -1.56. The van der Waals surface area contributed by atoms with Crippen LogP contribution >= 0.6 is 23.2 Å². The predicted octanol–water partition coefficient (Wildman–Crippen LogP) is 3.28. The number of benzene rings is 1. The first kappa shape index (κ1) is 15.8. The summed E-state index contributed by atoms with van der Waals surface area (Å²) in [4.78, 5) is 11.1. The van der Waals surface area contributed by atoms with E-state index < -0.39 is 5.97 Å². The first-order valence-corrected chi connectivity index (χ1v) is 7.08. The van der Waals surface area contributed by atoms with Crippen molar-refractivity contribution < 1.29 is 9.90 Å². The SMILES string of the molecule is CC(NCc1c(C(=O)O)cnn1C)c1ccc(Cl)cc1Cl. The average Bonchev–Trinajstić information content (AvgIpc) is 2.77. The van der Waals surface area contributed by atoms with Gasteiger partial charge in [0.2, 0.25) is 0 Å². The maximum atomic E-state index is 11.1. The molecule has 7 heteroatoms. The van der Waals surface area contributed by atoms with Crippen LogP contribution in [-0.2, 0) is 13.6 Å². The molecule has 1 aromatic carbocycles. The van der Waals surface area contributed by atoms with Gasteiger partial charge in [0.05, 0.1) is 11.9 Å². The fraction of sp³-hybridized carbons (Fsp3) is 0.286. The number of nitrogens with one attached hydrogen (secondary N) is 1. The second-order valence-corrected chi connectivity index (χ2v) is 5.55. The molecule has 0 bridgehead atoms. The van der Waals surface area contributed by atoms with Gasteiger partial charge < -0.3 is 10.4 Å². The van der Waals surface area contributed by atoms with E-state index >= 15 is 0 Å². The largest absolute Gasteiger partial charge is 0.478 e. The number of carboxylic acids is 1. The summed E-state index contributed by atoms with van der Waals surface area (Å²) in [7, 11) is 1.71. The van der Waals surface area contributed by atoms with E-state index in [1.807, 2.05) is 13.0 Å². The average molecular weight is 328 g/mol. The quantitative estimate of drug-likeness (QED) is 0.884. The number of aromatic carboxylic acids is 1. The van der Waals surface area contributed by atoms with E-state index in [1.165, 1.54) is 6.20 Å². The van der Waals surface area contributed by atoms with Crippen molar-refractivity contribution in [2.75, 3.05) is 0 Å². The number of aryl methyl sites for hydroxylation is 1. The van der Waals surface area contributed by atoms with Crippen LogP contribution in [-0.4, -0.2) is 20.9 Å². The highest BCUT2D eigenvalue weighted by atomic mass is 35.5. The van der Waals surface area contributed by atoms with E-state index in [9.17, 15) is 4.79 Å². The lowest BCUT2D eigenvalue weighted by Gasteiger charge is -2.16. The molecule has 21 heavy (non-hydrogen) atoms. The summed E-state index contributed by atoms with van der Waals surface area (Å²) in [6, 6.07) is 5.26. The minimum Gasteiger partial charge on any atom is -0.478 e. The second-order valence-electron chi connectivity index (χ2n) is 4.70. The molecule has 112 valence electrons. The van der Waals surface area contributed by atoms with Gasteiger partial charge in [-0.05, 0) is 24.6 Å². The molecule has 0 aliphatic carbocycles. The van der Waals surface area contributed by atoms with E-state index in [1.54, 1.807) is 23.9 Å². The van der Waals surface area contributed by atoms with Gasteiger partial charge >= 0.3 is 5.97 Å². The van der Waals surface area contributed by atoms with Gasteiger partial charge in [-0.2, -0.15) is 5.10 Å². The van der Waals surface area contributed by atoms with E-state index in [4.69, 9.17) is 28.3 Å². The number of carboxylic acid groups (broad SMARTS) is 1. The Labute approximate surface area is 132 Å². The molecule has 1 heterocycles. The normalized spacial score (nSPS) is 12.4. The van der Waals surface area contributed by atoms with Crippen molar-refractivity contribution in [1.82, 2.24) is 15.1 Å². The van der Waals surface area contributed by atoms with Crippen LogP contribution in [0.3, 0.4) is 0 Å². The Kier molecular flexibility index (Phi) is 4.88. The Morgan fingerprint density at radius 3 is 2.81 bits per heavy atom. The fourth-order valence-corrected chi connectivity index (χ4v) is 2.64. The Morgan fingerprint density at radius 1 is 1.48 bits per heavy atom. The van der Waals surface area contributed by atoms with Crippen LogP contribution in [0, 0.1) is 0 Å². The fourth-order valence-electron chi connectivity index (χ4n) is 2.06. The Bertz CT molecular complexity index is 670. The lowest BCUT2D eigenvalue weighted by molar-refractivity contribution is 0.0695. The van der Waals surface area contributed by atoms with Gasteiger partial charge in [-0.15, -0.1) is 0 Å². The van der Waals surface area contributed by atoms with Crippen molar-refractivity contribution in [3.05, 3.63) is 51.3 Å². The number of halogens is 2. The molecule has 0 radical (unpaired) electrons. The Balaban J connectivity index is 2.13. The smallest absolute Gasteiger partial charge is 0.339 e. The van der Waals surface area contributed by atoms with Gasteiger partial charge in [0.15, 0.2) is 0 Å². The summed E-state index contributed by atoms with van der Waals surface area (Å²) in [6.07, 6.45) is 1.35. The molecule has 0 spiro atoms. The zero-order valence-corrected chi connectivity index (χ0v) is 13.1. The lowest BCUT2D eigenvalue weighted by Crippen LogP contribution is -2.21. The second kappa shape index (κ2) is 6.47. The standard InChI is InChI=1S/C14H15Cl2N3O2/c1-8(10-4-3-9(15)5-12(10)16)17-7-13-11(14(20)21)6-18-19(13)2/h3-6,8,17H,7H2,1-2H3,(H,20,21). The molecule has 2 rings (SSSR count). The zero-order valence-electron chi connectivity index (χ0n) is 11.6. The molecule has 1 unspecified atom stereocenters. The van der Waals surface area contributed by atoms with Crippen LogP contribution in [0.25, 0.3) is 0 Å². The molecule has 0 saturated carbocycles. The maximum Gasteiger partial charge on any atom is 0.339 e. The van der Waals surface area contributed by atoms with Crippen LogP contribution in [0.5, 0.6) is 0 Å². The van der Waals surface area contributed by atoms with Gasteiger partial charge in [0, 0.05) is 29.7 Å². The maximum absolute atomic E-state index is 11.1. The molecule has 1 atom stereocenters. The van der Waals surface area contributed by atoms with Gasteiger partial charge in [0.1, 0.15) is 5.56 Å². The van der Waals surface area contributed by atoms with Crippen LogP contribution in [0.4, 0.5) is 0 Å². The summed E-state index contributed by atoms with van der Waals surface area (Å²) >= 11 is 12.0. The van der Waals surface area contributed by atoms with Crippen LogP contribution in [0.15, 0.2) is 24.4 Å². The summed E-state index contributed by atoms with van der Waals surface area (Å²) in [5.74, 6) is -0.989. The predicted molar refractivity (Wildman–Crippen MR) is 81.9 cm³/mol. The number of hydrogen-bond acceptors (Lipinski definition) is 3. The van der Waals surface area contributed by atoms with Gasteiger partial charge in [-0.25, -0.2) is 4.79 Å². The van der Waals surface area contributed by atoms with Crippen LogP contribution in [0.2, 0.25) is 10.0 Å². The lowest BCUT2D eigenvalue weighted by atomic mass is 10.1. The van der Waals surface area contributed by atoms with E-state index in [0.717, 1.165) is 5.56 Å². The highest BCUT2D eigenvalue weighted by Crippen LogP contribution is 2.26. The molecule has 0 aliphatic heterocycles. The third-order valence-electron chi connectivity index (χ3n) is 3.30. The van der Waals surface area contributed by atoms with Crippen LogP contribution < -0.4 is 5.32 Å². The van der Waals surface area contributed by atoms with Gasteiger partial charge in [-0.3, -0.25) is 4.68 Å². The third kappa shape index (κ3) is 3.56. The van der Waals surface area contributed by atoms with Crippen molar-refractivity contribution in [3.63, 3.8) is 0 Å². The molecule has 0 saturated heterocycles. The number of carbonyl (C=O) groups is 1. The summed E-state index contributed by atoms with van der Waals surface area (Å²) in [5.41, 5.74) is 1.71. The number of aromatic nitrogens is 2. The summed E-state index contributed by atoms with van der Waals surface area (Å²) in [5, 5.41) is 17.5. The molecule has 0 fully saturated rings. The topological polar surface area (TPSA) is 67.2 Å². The summed E-state index contributed by atoms with van der Waals surface area (Å²) < 4.78 is 1.55. The monoisotopic (exact) mass is 327 g/mol. The van der Waals surface area contributed by atoms with Crippen molar-refractivity contribution in [3.8, 4) is 0 Å². The van der Waals surface area contributed by atoms with E-state index in [0.29, 0.717) is 22.3 Å². The molecular weight excluding hydrogens is 313 g/mol. The molecule has 5 nitrogen and oxygen atoms in total. The minimum atomic E-state index is -0.989. The van der Waals surface area contributed by atoms with E-state index in [2.05, 4.69) is 10.4 Å². The zero-order chi connectivity index (χ0) is 15.6. The van der Waals surface area contributed by atoms with Gasteiger partial charge in [-0.1, -0.05) is 29.3 Å². The molecule has 2 aromatic rings. The Morgan fingerprint density at radius 2 is 2.19 bits per heavy atom. The first-order valence-electron chi connectivity index (χ1n) is 6.32. The minimum absolute atomic E-state index is 0.0497. The molecule has 0 amide bonds. The number of rotatable bonds is 5. The molecule has 2 N–H and O–H groups in total. The molecule has 1 aromatic heterocycles. The van der Waals surface area contributed by atoms with Crippen LogP contribution in [0.1, 0.15) is 34.6 Å². The van der Waals surface area contributed by atoms with Gasteiger partial charge in [0.25, 0.3) is 0 Å². The van der Waals surface area contributed by atoms with E-state index in [-0.39, 0.29) is 11.6 Å². The number of nitrogens with zero attached hydrogens (tertiary/aromatic N) is 2. The van der Waals surface area contributed by atoms with Crippen molar-refractivity contribution in [2.45, 2.75) is 19.5 Å². The third-order valence-corrected chi connectivity index (χ3v) is 3.86. The first-order chi connectivity index (χ1) is 9.90. The number of hydrogen-bond donors (Lipinski definition) is 2. The van der Waals surface area contributed by atoms with Crippen molar-refractivity contribution >= 4 is 29.2 Å². The highest BCUT2D eigenvalue weighted by molar-refractivity contribution is 6.35. The highest BCUT2D eigenvalue weighted by Gasteiger charge is 2.16. The molecule has 0 aliphatic rings. The van der Waals surface area contributed by atoms with Crippen molar-refractivity contribution in [2.24, 2.45) is 7.05 Å². The summed E-state index contributed by atoms with van der Waals surface area (Å²) in [6.45, 7) is 2.32. The van der Waals surface area contributed by atoms with Crippen molar-refractivity contribution in [1.29, 1.82) is 0 Å².